The zero-order chi connectivity index (χ0) is 16.9. The molecule has 0 N–H and O–H groups in total. The summed E-state index contributed by atoms with van der Waals surface area (Å²) in [6.07, 6.45) is 13.2. The van der Waals surface area contributed by atoms with E-state index in [1.54, 1.807) is 12.1 Å². The fourth-order valence-electron chi connectivity index (χ4n) is 4.68. The number of hydrogen-bond donors (Lipinski definition) is 0. The van der Waals surface area contributed by atoms with Gasteiger partial charge in [0.25, 0.3) is 0 Å². The summed E-state index contributed by atoms with van der Waals surface area (Å²) in [5.41, 5.74) is 0.956. The molecule has 0 aromatic heterocycles. The third-order valence-corrected chi connectivity index (χ3v) is 6.11. The van der Waals surface area contributed by atoms with Crippen molar-refractivity contribution in [2.24, 2.45) is 17.8 Å². The quantitative estimate of drug-likeness (QED) is 0.612. The van der Waals surface area contributed by atoms with Crippen molar-refractivity contribution in [3.8, 4) is 6.07 Å². The maximum absolute atomic E-state index is 13.4. The van der Waals surface area contributed by atoms with Crippen LogP contribution in [0.5, 0.6) is 0 Å². The van der Waals surface area contributed by atoms with Gasteiger partial charge in [0.05, 0.1) is 6.07 Å². The van der Waals surface area contributed by atoms with Crippen LogP contribution in [0, 0.1) is 40.7 Å². The summed E-state index contributed by atoms with van der Waals surface area (Å²) in [6.45, 7) is 0. The molecule has 0 atom stereocenters. The molecule has 0 saturated heterocycles. The van der Waals surface area contributed by atoms with Gasteiger partial charge in [0.2, 0.25) is 0 Å². The second-order valence-corrected chi connectivity index (χ2v) is 7.45. The highest BCUT2D eigenvalue weighted by Crippen LogP contribution is 2.44. The molecule has 0 amide bonds. The minimum Gasteiger partial charge on any atom is -0.204 e. The van der Waals surface area contributed by atoms with Crippen LogP contribution < -0.4 is 0 Å². The third kappa shape index (κ3) is 4.04. The Balaban J connectivity index is 1.50. The fourth-order valence-corrected chi connectivity index (χ4v) is 4.68. The summed E-state index contributed by atoms with van der Waals surface area (Å²) in [5.74, 6) is 1.08. The molecule has 0 radical (unpaired) electrons. The van der Waals surface area contributed by atoms with E-state index in [1.165, 1.54) is 50.7 Å². The molecule has 3 rings (SSSR count). The molecule has 1 nitrogen and oxygen atoms in total. The lowest BCUT2D eigenvalue weighted by Crippen LogP contribution is -2.25. The Bertz CT molecular complexity index is 615. The molecule has 1 aromatic carbocycles. The molecule has 0 bridgehead atoms. The van der Waals surface area contributed by atoms with Crippen LogP contribution in [0.2, 0.25) is 0 Å². The molecule has 0 aliphatic heterocycles. The second-order valence-electron chi connectivity index (χ2n) is 7.45. The Hall–Kier alpha value is -1.69. The van der Waals surface area contributed by atoms with Crippen LogP contribution >= 0.6 is 0 Å². The van der Waals surface area contributed by atoms with Crippen molar-refractivity contribution >= 4 is 0 Å². The maximum Gasteiger partial charge on any atom is 0.159 e. The molecule has 24 heavy (non-hydrogen) atoms. The molecule has 128 valence electrons. The van der Waals surface area contributed by atoms with E-state index in [9.17, 15) is 8.78 Å². The Labute approximate surface area is 143 Å². The van der Waals surface area contributed by atoms with Gasteiger partial charge in [0.1, 0.15) is 0 Å². The highest BCUT2D eigenvalue weighted by molar-refractivity contribution is 5.22. The zero-order valence-corrected chi connectivity index (χ0v) is 14.1. The predicted molar refractivity (Wildman–Crippen MR) is 91.3 cm³/mol. The van der Waals surface area contributed by atoms with Crippen molar-refractivity contribution < 1.29 is 8.78 Å². The number of hydrogen-bond acceptors (Lipinski definition) is 1. The maximum atomic E-state index is 13.4. The number of allylic oxidation sites excluding steroid dienone is 2. The summed E-state index contributed by atoms with van der Waals surface area (Å²) in [4.78, 5) is 0. The monoisotopic (exact) mass is 329 g/mol. The standard InChI is InChI=1S/C21H25F2N/c22-20-12-11-19(14-21(20)23)18-9-7-17(8-10-18)16-5-3-15(4-6-16)2-1-13-24/h1-2,11-12,14-18H,3-10H2/b2-1+. The smallest absolute Gasteiger partial charge is 0.159 e. The number of nitriles is 1. The van der Waals surface area contributed by atoms with Gasteiger partial charge in [0, 0.05) is 6.08 Å². The minimum absolute atomic E-state index is 0.381. The highest BCUT2D eigenvalue weighted by atomic mass is 19.2. The van der Waals surface area contributed by atoms with E-state index in [4.69, 9.17) is 5.26 Å². The van der Waals surface area contributed by atoms with E-state index in [-0.39, 0.29) is 0 Å². The highest BCUT2D eigenvalue weighted by Gasteiger charge is 2.30. The molecule has 1 aromatic rings. The first kappa shape index (κ1) is 17.1. The van der Waals surface area contributed by atoms with E-state index < -0.39 is 11.6 Å². The Morgan fingerprint density at radius 2 is 1.50 bits per heavy atom. The van der Waals surface area contributed by atoms with Crippen LogP contribution in [-0.4, -0.2) is 0 Å². The van der Waals surface area contributed by atoms with Crippen LogP contribution in [0.1, 0.15) is 62.8 Å². The van der Waals surface area contributed by atoms with Crippen LogP contribution in [0.25, 0.3) is 0 Å². The first-order valence-corrected chi connectivity index (χ1v) is 9.18. The number of halogens is 2. The first-order chi connectivity index (χ1) is 11.7. The number of nitrogens with zero attached hydrogens (tertiary/aromatic N) is 1. The Morgan fingerprint density at radius 3 is 2.08 bits per heavy atom. The topological polar surface area (TPSA) is 23.8 Å². The lowest BCUT2D eigenvalue weighted by atomic mass is 9.68. The first-order valence-electron chi connectivity index (χ1n) is 9.18. The van der Waals surface area contributed by atoms with Gasteiger partial charge in [-0.2, -0.15) is 5.26 Å². The zero-order valence-electron chi connectivity index (χ0n) is 14.1. The van der Waals surface area contributed by atoms with Crippen LogP contribution in [0.15, 0.2) is 30.4 Å². The molecule has 2 saturated carbocycles. The molecule has 2 aliphatic rings. The van der Waals surface area contributed by atoms with Gasteiger partial charge in [-0.25, -0.2) is 8.78 Å². The van der Waals surface area contributed by atoms with Crippen molar-refractivity contribution in [1.29, 1.82) is 5.26 Å². The number of rotatable bonds is 3. The van der Waals surface area contributed by atoms with Crippen LogP contribution in [0.3, 0.4) is 0 Å². The molecule has 3 heteroatoms. The lowest BCUT2D eigenvalue weighted by molar-refractivity contribution is 0.171. The van der Waals surface area contributed by atoms with Crippen molar-refractivity contribution in [2.45, 2.75) is 57.3 Å². The van der Waals surface area contributed by atoms with Gasteiger partial charge in [-0.3, -0.25) is 0 Å². The Kier molecular flexibility index (Phi) is 5.66. The van der Waals surface area contributed by atoms with Crippen molar-refractivity contribution in [1.82, 2.24) is 0 Å². The average molecular weight is 329 g/mol. The van der Waals surface area contributed by atoms with E-state index in [1.807, 2.05) is 0 Å². The molecule has 2 fully saturated rings. The van der Waals surface area contributed by atoms with Crippen molar-refractivity contribution in [2.75, 3.05) is 0 Å². The summed E-state index contributed by atoms with van der Waals surface area (Å²) < 4.78 is 26.5. The summed E-state index contributed by atoms with van der Waals surface area (Å²) in [7, 11) is 0. The van der Waals surface area contributed by atoms with E-state index in [0.29, 0.717) is 11.8 Å². The van der Waals surface area contributed by atoms with Gasteiger partial charge >= 0.3 is 0 Å². The van der Waals surface area contributed by atoms with Gasteiger partial charge in [-0.15, -0.1) is 0 Å². The van der Waals surface area contributed by atoms with Gasteiger partial charge in [0.15, 0.2) is 11.6 Å². The number of benzene rings is 1. The summed E-state index contributed by atoms with van der Waals surface area (Å²) in [5, 5.41) is 8.62. The predicted octanol–water partition coefficient (Wildman–Crippen LogP) is 6.12. The van der Waals surface area contributed by atoms with E-state index in [2.05, 4.69) is 12.1 Å². The third-order valence-electron chi connectivity index (χ3n) is 6.11. The normalized spacial score (nSPS) is 31.0. The van der Waals surface area contributed by atoms with Gasteiger partial charge in [-0.05, 0) is 92.7 Å². The van der Waals surface area contributed by atoms with E-state index >= 15 is 0 Å². The van der Waals surface area contributed by atoms with Crippen LogP contribution in [-0.2, 0) is 0 Å². The molecule has 0 spiro atoms. The molecular formula is C21H25F2N. The largest absolute Gasteiger partial charge is 0.204 e. The van der Waals surface area contributed by atoms with Crippen LogP contribution in [0.4, 0.5) is 8.78 Å². The molecule has 0 heterocycles. The Morgan fingerprint density at radius 1 is 0.875 bits per heavy atom. The second kappa shape index (κ2) is 7.92. The van der Waals surface area contributed by atoms with Crippen molar-refractivity contribution in [3.05, 3.63) is 47.5 Å². The summed E-state index contributed by atoms with van der Waals surface area (Å²) in [6, 6.07) is 6.47. The minimum atomic E-state index is -0.755. The van der Waals surface area contributed by atoms with Gasteiger partial charge < -0.3 is 0 Å². The fraction of sp³-hybridized carbons (Fsp3) is 0.571. The molecular weight excluding hydrogens is 304 g/mol. The van der Waals surface area contributed by atoms with Gasteiger partial charge in [-0.1, -0.05) is 12.1 Å². The molecule has 0 unspecified atom stereocenters. The summed E-state index contributed by atoms with van der Waals surface area (Å²) >= 11 is 0. The van der Waals surface area contributed by atoms with E-state index in [0.717, 1.165) is 30.2 Å². The SMILES string of the molecule is N#C/C=C/C1CCC(C2CCC(c3ccc(F)c(F)c3)CC2)CC1. The lowest BCUT2D eigenvalue weighted by Gasteiger charge is -2.37. The average Bonchev–Trinajstić information content (AvgIpc) is 2.63. The molecule has 2 aliphatic carbocycles. The van der Waals surface area contributed by atoms with Crippen molar-refractivity contribution in [3.63, 3.8) is 0 Å².